The molecule has 0 radical (unpaired) electrons. The van der Waals surface area contributed by atoms with Crippen LogP contribution in [-0.4, -0.2) is 45.1 Å². The zero-order valence-corrected chi connectivity index (χ0v) is 17.0. The van der Waals surface area contributed by atoms with E-state index in [1.165, 1.54) is 10.5 Å². The van der Waals surface area contributed by atoms with Gasteiger partial charge in [-0.2, -0.15) is 0 Å². The maximum Gasteiger partial charge on any atom is 0.267 e. The van der Waals surface area contributed by atoms with Crippen molar-refractivity contribution in [1.29, 1.82) is 5.41 Å². The highest BCUT2D eigenvalue weighted by atomic mass is 16.5. The Kier molecular flexibility index (Phi) is 5.85. The Morgan fingerprint density at radius 3 is 2.81 bits per heavy atom. The lowest BCUT2D eigenvalue weighted by molar-refractivity contribution is 0.0946. The molecule has 0 saturated carbocycles. The van der Waals surface area contributed by atoms with Crippen molar-refractivity contribution in [3.8, 4) is 0 Å². The number of hydrogen-bond donors (Lipinski definition) is 2. The summed E-state index contributed by atoms with van der Waals surface area (Å²) < 4.78 is 8.02. The van der Waals surface area contributed by atoms with Crippen LogP contribution in [0.3, 0.4) is 0 Å². The largest absolute Gasteiger partial charge is 0.385 e. The molecule has 0 aromatic carbocycles. The first-order chi connectivity index (χ1) is 15.1. The van der Waals surface area contributed by atoms with E-state index in [1.807, 2.05) is 12.1 Å². The van der Waals surface area contributed by atoms with E-state index in [2.05, 4.69) is 15.3 Å². The number of amides is 1. The second-order valence-corrected chi connectivity index (χ2v) is 7.03. The van der Waals surface area contributed by atoms with Gasteiger partial charge in [-0.1, -0.05) is 6.07 Å². The smallest absolute Gasteiger partial charge is 0.267 e. The minimum Gasteiger partial charge on any atom is -0.385 e. The van der Waals surface area contributed by atoms with Gasteiger partial charge in [0.05, 0.1) is 17.5 Å². The summed E-state index contributed by atoms with van der Waals surface area (Å²) >= 11 is 0. The maximum absolute atomic E-state index is 13.2. The van der Waals surface area contributed by atoms with Crippen LogP contribution < -0.4 is 16.4 Å². The lowest BCUT2D eigenvalue weighted by atomic mass is 10.1. The third-order valence-electron chi connectivity index (χ3n) is 4.96. The third kappa shape index (κ3) is 4.08. The van der Waals surface area contributed by atoms with Crippen molar-refractivity contribution in [2.24, 2.45) is 0 Å². The Morgan fingerprint density at radius 2 is 2.03 bits per heavy atom. The molecule has 1 amide bonds. The van der Waals surface area contributed by atoms with Crippen molar-refractivity contribution in [1.82, 2.24) is 24.3 Å². The van der Waals surface area contributed by atoms with E-state index in [0.29, 0.717) is 30.9 Å². The summed E-state index contributed by atoms with van der Waals surface area (Å²) in [7, 11) is 1.60. The summed E-state index contributed by atoms with van der Waals surface area (Å²) in [6.07, 6.45) is 5.60. The minimum atomic E-state index is -0.413. The normalized spacial score (nSPS) is 11.1. The third-order valence-corrected chi connectivity index (χ3v) is 4.96. The number of aromatic nitrogens is 4. The molecule has 4 aromatic rings. The predicted octanol–water partition coefficient (Wildman–Crippen LogP) is 1.34. The van der Waals surface area contributed by atoms with E-state index in [1.54, 1.807) is 48.5 Å². The van der Waals surface area contributed by atoms with Gasteiger partial charge < -0.3 is 14.6 Å². The molecule has 31 heavy (non-hydrogen) atoms. The molecule has 0 fully saturated rings. The number of carbonyl (C=O) groups is 1. The van der Waals surface area contributed by atoms with Gasteiger partial charge in [0.15, 0.2) is 0 Å². The first-order valence-corrected chi connectivity index (χ1v) is 9.85. The number of rotatable bonds is 7. The Hall–Kier alpha value is -3.85. The van der Waals surface area contributed by atoms with Crippen LogP contribution >= 0.6 is 0 Å². The van der Waals surface area contributed by atoms with Crippen LogP contribution in [0.4, 0.5) is 0 Å². The highest BCUT2D eigenvalue weighted by Crippen LogP contribution is 2.12. The molecule has 4 rings (SSSR count). The molecule has 4 heterocycles. The minimum absolute atomic E-state index is 0.0132. The number of pyridine rings is 3. The molecule has 0 aliphatic rings. The van der Waals surface area contributed by atoms with Crippen molar-refractivity contribution in [2.75, 3.05) is 20.3 Å². The van der Waals surface area contributed by atoms with E-state index in [4.69, 9.17) is 10.1 Å². The Balaban J connectivity index is 1.90. The second kappa shape index (κ2) is 8.88. The molecule has 4 aromatic heterocycles. The Bertz CT molecular complexity index is 1360. The average molecular weight is 418 g/mol. The number of carbonyl (C=O) groups excluding carboxylic acids is 1. The molecular formula is C22H22N6O3. The van der Waals surface area contributed by atoms with Gasteiger partial charge in [-0.25, -0.2) is 4.98 Å². The molecule has 2 N–H and O–H groups in total. The van der Waals surface area contributed by atoms with Crippen molar-refractivity contribution in [3.63, 3.8) is 0 Å². The molecule has 0 aliphatic carbocycles. The van der Waals surface area contributed by atoms with Crippen molar-refractivity contribution >= 4 is 22.6 Å². The van der Waals surface area contributed by atoms with E-state index in [9.17, 15) is 9.59 Å². The van der Waals surface area contributed by atoms with Gasteiger partial charge >= 0.3 is 0 Å². The van der Waals surface area contributed by atoms with Crippen molar-refractivity contribution in [2.45, 2.75) is 13.0 Å². The fourth-order valence-electron chi connectivity index (χ4n) is 3.40. The molecule has 0 bridgehead atoms. The van der Waals surface area contributed by atoms with E-state index in [-0.39, 0.29) is 28.5 Å². The quantitative estimate of drug-likeness (QED) is 0.347. The summed E-state index contributed by atoms with van der Waals surface area (Å²) in [5.41, 5.74) is 1.52. The highest BCUT2D eigenvalue weighted by Gasteiger charge is 2.17. The first-order valence-electron chi connectivity index (χ1n) is 9.85. The Labute approximate surface area is 177 Å². The van der Waals surface area contributed by atoms with Crippen LogP contribution in [0.2, 0.25) is 0 Å². The molecule has 9 nitrogen and oxygen atoms in total. The maximum atomic E-state index is 13.2. The van der Waals surface area contributed by atoms with Crippen LogP contribution in [-0.2, 0) is 11.3 Å². The molecule has 0 atom stereocenters. The standard InChI is InChI=1S/C22H22N6O3/c1-31-12-4-8-25-21(29)16-13-17-20(26-18-5-2-3-11-27(18)22(17)30)28(19(16)23)14-15-6-9-24-10-7-15/h2-3,5-7,9-11,13,23H,4,8,12,14H2,1H3,(H,25,29). The number of ether oxygens (including phenoxy) is 1. The summed E-state index contributed by atoms with van der Waals surface area (Å²) in [6.45, 7) is 1.20. The monoisotopic (exact) mass is 418 g/mol. The fourth-order valence-corrected chi connectivity index (χ4v) is 3.40. The van der Waals surface area contributed by atoms with E-state index >= 15 is 0 Å². The van der Waals surface area contributed by atoms with E-state index < -0.39 is 5.91 Å². The number of hydrogen-bond acceptors (Lipinski definition) is 6. The number of fused-ring (bicyclic) bond motifs is 2. The van der Waals surface area contributed by atoms with Gasteiger partial charge in [-0.15, -0.1) is 0 Å². The fraction of sp³-hybridized carbons (Fsp3) is 0.227. The van der Waals surface area contributed by atoms with Crippen LogP contribution in [0.5, 0.6) is 0 Å². The molecule has 9 heteroatoms. The molecule has 0 unspecified atom stereocenters. The lowest BCUT2D eigenvalue weighted by Crippen LogP contribution is -2.35. The summed E-state index contributed by atoms with van der Waals surface area (Å²) in [5.74, 6) is -0.413. The van der Waals surface area contributed by atoms with Crippen molar-refractivity contribution < 1.29 is 9.53 Å². The SMILES string of the molecule is COCCCNC(=O)c1cc2c(=O)n3ccccc3nc2n(Cc2ccncc2)c1=N. The Morgan fingerprint density at radius 1 is 1.23 bits per heavy atom. The predicted molar refractivity (Wildman–Crippen MR) is 115 cm³/mol. The number of methoxy groups -OCH3 is 1. The van der Waals surface area contributed by atoms with Crippen LogP contribution in [0.1, 0.15) is 22.3 Å². The molecule has 0 saturated heterocycles. The van der Waals surface area contributed by atoms with Gasteiger partial charge in [-0.3, -0.25) is 24.4 Å². The highest BCUT2D eigenvalue weighted by molar-refractivity contribution is 5.96. The summed E-state index contributed by atoms with van der Waals surface area (Å²) in [5, 5.41) is 11.8. The summed E-state index contributed by atoms with van der Waals surface area (Å²) in [4.78, 5) is 34.6. The van der Waals surface area contributed by atoms with Gasteiger partial charge in [0, 0.05) is 38.9 Å². The van der Waals surface area contributed by atoms with Gasteiger partial charge in [0.2, 0.25) is 0 Å². The van der Waals surface area contributed by atoms with Crippen LogP contribution in [0, 0.1) is 5.41 Å². The van der Waals surface area contributed by atoms with Crippen molar-refractivity contribution in [3.05, 3.63) is 82.0 Å². The molecular weight excluding hydrogens is 396 g/mol. The van der Waals surface area contributed by atoms with Gasteiger partial charge in [0.1, 0.15) is 16.8 Å². The van der Waals surface area contributed by atoms with Gasteiger partial charge in [0.25, 0.3) is 11.5 Å². The second-order valence-electron chi connectivity index (χ2n) is 7.03. The van der Waals surface area contributed by atoms with Crippen LogP contribution in [0.15, 0.2) is 59.8 Å². The zero-order valence-electron chi connectivity index (χ0n) is 17.0. The molecule has 0 spiro atoms. The van der Waals surface area contributed by atoms with Gasteiger partial charge in [-0.05, 0) is 42.3 Å². The number of nitrogens with zero attached hydrogens (tertiary/aromatic N) is 4. The zero-order chi connectivity index (χ0) is 21.8. The molecule has 158 valence electrons. The first kappa shape index (κ1) is 20.4. The van der Waals surface area contributed by atoms with E-state index in [0.717, 1.165) is 5.56 Å². The average Bonchev–Trinajstić information content (AvgIpc) is 2.79. The molecule has 0 aliphatic heterocycles. The lowest BCUT2D eigenvalue weighted by Gasteiger charge is -2.15. The summed E-state index contributed by atoms with van der Waals surface area (Å²) in [6, 6.07) is 10.4. The topological polar surface area (TPSA) is 114 Å². The van der Waals surface area contributed by atoms with Crippen LogP contribution in [0.25, 0.3) is 16.7 Å². The number of nitrogens with one attached hydrogen (secondary N) is 2.